The molecule has 0 aliphatic carbocycles. The van der Waals surface area contributed by atoms with Crippen LogP contribution in [-0.2, 0) is 11.2 Å². The van der Waals surface area contributed by atoms with E-state index < -0.39 is 0 Å². The average Bonchev–Trinajstić information content (AvgIpc) is 3.41. The van der Waals surface area contributed by atoms with Gasteiger partial charge in [0.2, 0.25) is 0 Å². The summed E-state index contributed by atoms with van der Waals surface area (Å²) in [6.07, 6.45) is 7.10. The van der Waals surface area contributed by atoms with Crippen LogP contribution in [0.25, 0.3) is 10.9 Å². The number of nitrogens with zero attached hydrogens (tertiary/aromatic N) is 2. The van der Waals surface area contributed by atoms with E-state index in [4.69, 9.17) is 18.6 Å². The molecule has 1 fully saturated rings. The zero-order valence-corrected chi connectivity index (χ0v) is 20.0. The van der Waals surface area contributed by atoms with Gasteiger partial charge in [0.1, 0.15) is 0 Å². The second kappa shape index (κ2) is 11.3. The largest absolute Gasteiger partial charge is 0.493 e. The van der Waals surface area contributed by atoms with Crippen LogP contribution < -0.4 is 14.8 Å². The fraction of sp³-hybridized carbons (Fsp3) is 0.321. The van der Waals surface area contributed by atoms with Crippen LogP contribution in [0.3, 0.4) is 0 Å². The van der Waals surface area contributed by atoms with Crippen LogP contribution in [0, 0.1) is 0 Å². The molecule has 0 saturated carbocycles. The molecule has 1 N–H and O–H groups in total. The van der Waals surface area contributed by atoms with Crippen molar-refractivity contribution < 1.29 is 18.6 Å². The number of ether oxygens (including phenoxy) is 3. The Balaban J connectivity index is 1.26. The number of pyridine rings is 1. The molecule has 0 atom stereocenters. The van der Waals surface area contributed by atoms with Gasteiger partial charge in [-0.2, -0.15) is 0 Å². The second-order valence-corrected chi connectivity index (χ2v) is 8.67. The smallest absolute Gasteiger partial charge is 0.163 e. The third-order valence-electron chi connectivity index (χ3n) is 6.23. The molecule has 2 aromatic carbocycles. The van der Waals surface area contributed by atoms with Crippen LogP contribution in [0.4, 0.5) is 11.4 Å². The first-order valence-corrected chi connectivity index (χ1v) is 12.1. The zero-order valence-electron chi connectivity index (χ0n) is 20.0. The van der Waals surface area contributed by atoms with Crippen molar-refractivity contribution in [2.24, 2.45) is 0 Å². The fourth-order valence-corrected chi connectivity index (χ4v) is 4.32. The minimum absolute atomic E-state index is 0.627. The van der Waals surface area contributed by atoms with Gasteiger partial charge in [-0.3, -0.25) is 9.88 Å². The quantitative estimate of drug-likeness (QED) is 0.315. The number of methoxy groups -OCH3 is 1. The van der Waals surface area contributed by atoms with Crippen LogP contribution in [-0.4, -0.2) is 56.4 Å². The van der Waals surface area contributed by atoms with Crippen molar-refractivity contribution in [1.82, 2.24) is 9.88 Å². The van der Waals surface area contributed by atoms with Crippen molar-refractivity contribution in [3.05, 3.63) is 78.4 Å². The van der Waals surface area contributed by atoms with Crippen molar-refractivity contribution >= 4 is 22.3 Å². The van der Waals surface area contributed by atoms with E-state index in [0.29, 0.717) is 12.4 Å². The molecule has 0 bridgehead atoms. The molecule has 7 heteroatoms. The van der Waals surface area contributed by atoms with E-state index in [1.54, 1.807) is 19.6 Å². The highest BCUT2D eigenvalue weighted by molar-refractivity contribution is 5.95. The van der Waals surface area contributed by atoms with Gasteiger partial charge in [-0.15, -0.1) is 0 Å². The average molecular weight is 474 g/mol. The van der Waals surface area contributed by atoms with E-state index in [0.717, 1.165) is 79.3 Å². The molecule has 5 rings (SSSR count). The molecule has 7 nitrogen and oxygen atoms in total. The summed E-state index contributed by atoms with van der Waals surface area (Å²) in [5, 5.41) is 4.50. The van der Waals surface area contributed by atoms with Crippen molar-refractivity contribution in [2.75, 3.05) is 51.9 Å². The lowest BCUT2D eigenvalue weighted by Crippen LogP contribution is -2.37. The summed E-state index contributed by atoms with van der Waals surface area (Å²) in [4.78, 5) is 6.98. The first-order valence-electron chi connectivity index (χ1n) is 12.1. The predicted octanol–water partition coefficient (Wildman–Crippen LogP) is 5.27. The van der Waals surface area contributed by atoms with Crippen molar-refractivity contribution in [2.45, 2.75) is 12.8 Å². The zero-order chi connectivity index (χ0) is 23.9. The second-order valence-electron chi connectivity index (χ2n) is 8.67. The van der Waals surface area contributed by atoms with Crippen molar-refractivity contribution in [3.63, 3.8) is 0 Å². The Morgan fingerprint density at radius 1 is 1.00 bits per heavy atom. The molecular formula is C28H31N3O4. The monoisotopic (exact) mass is 473 g/mol. The van der Waals surface area contributed by atoms with Crippen LogP contribution in [0.5, 0.6) is 11.5 Å². The van der Waals surface area contributed by atoms with Gasteiger partial charge >= 0.3 is 0 Å². The van der Waals surface area contributed by atoms with E-state index in [1.165, 1.54) is 5.56 Å². The Morgan fingerprint density at radius 3 is 2.63 bits per heavy atom. The number of anilines is 2. The summed E-state index contributed by atoms with van der Waals surface area (Å²) in [5.74, 6) is 1.42. The highest BCUT2D eigenvalue weighted by Crippen LogP contribution is 2.35. The standard InChI is InChI=1S/C28H31N3O4/c1-32-27-18-24-25(30-23-5-3-21(4-6-23)17-22-8-14-34-20-22)7-9-29-26(24)19-28(27)35-13-2-10-31-11-15-33-16-12-31/h3-9,14,18-20H,2,10-13,15-17H2,1H3,(H,29,30). The summed E-state index contributed by atoms with van der Waals surface area (Å²) in [7, 11) is 1.67. The third-order valence-corrected chi connectivity index (χ3v) is 6.23. The molecule has 0 unspecified atom stereocenters. The highest BCUT2D eigenvalue weighted by Gasteiger charge is 2.13. The molecule has 3 heterocycles. The number of rotatable bonds is 10. The predicted molar refractivity (Wildman–Crippen MR) is 137 cm³/mol. The first kappa shape index (κ1) is 23.2. The van der Waals surface area contributed by atoms with Crippen molar-refractivity contribution in [1.29, 1.82) is 0 Å². The Bertz CT molecular complexity index is 1220. The van der Waals surface area contributed by atoms with E-state index in [9.17, 15) is 0 Å². The third kappa shape index (κ3) is 5.93. The molecule has 4 aromatic rings. The highest BCUT2D eigenvalue weighted by atomic mass is 16.5. The van der Waals surface area contributed by atoms with Crippen LogP contribution >= 0.6 is 0 Å². The summed E-state index contributed by atoms with van der Waals surface area (Å²) in [5.41, 5.74) is 5.23. The van der Waals surface area contributed by atoms with E-state index in [1.807, 2.05) is 30.5 Å². The number of hydrogen-bond acceptors (Lipinski definition) is 7. The number of morpholine rings is 1. The lowest BCUT2D eigenvalue weighted by atomic mass is 10.1. The fourth-order valence-electron chi connectivity index (χ4n) is 4.32. The maximum Gasteiger partial charge on any atom is 0.163 e. The van der Waals surface area contributed by atoms with Crippen LogP contribution in [0.2, 0.25) is 0 Å². The van der Waals surface area contributed by atoms with Gasteiger partial charge < -0.3 is 23.9 Å². The molecule has 35 heavy (non-hydrogen) atoms. The summed E-state index contributed by atoms with van der Waals surface area (Å²) >= 11 is 0. The lowest BCUT2D eigenvalue weighted by molar-refractivity contribution is 0.0357. The molecule has 0 spiro atoms. The van der Waals surface area contributed by atoms with Gasteiger partial charge in [-0.1, -0.05) is 12.1 Å². The van der Waals surface area contributed by atoms with Crippen LogP contribution in [0.15, 0.2) is 71.7 Å². The van der Waals surface area contributed by atoms with Gasteiger partial charge in [0.25, 0.3) is 0 Å². The minimum atomic E-state index is 0.627. The van der Waals surface area contributed by atoms with Gasteiger partial charge in [-0.25, -0.2) is 0 Å². The topological polar surface area (TPSA) is 69.0 Å². The number of aromatic nitrogens is 1. The SMILES string of the molecule is COc1cc2c(Nc3ccc(Cc4ccoc4)cc3)ccnc2cc1OCCCN1CCOCC1. The minimum Gasteiger partial charge on any atom is -0.493 e. The lowest BCUT2D eigenvalue weighted by Gasteiger charge is -2.26. The van der Waals surface area contributed by atoms with Gasteiger partial charge in [-0.05, 0) is 47.9 Å². The Labute approximate surface area is 205 Å². The molecule has 2 aromatic heterocycles. The molecule has 1 aliphatic heterocycles. The Kier molecular flexibility index (Phi) is 7.46. The first-order chi connectivity index (χ1) is 17.3. The number of fused-ring (bicyclic) bond motifs is 1. The summed E-state index contributed by atoms with van der Waals surface area (Å²) in [6, 6.07) is 16.4. The van der Waals surface area contributed by atoms with E-state index >= 15 is 0 Å². The molecule has 0 radical (unpaired) electrons. The molecule has 1 saturated heterocycles. The molecule has 182 valence electrons. The van der Waals surface area contributed by atoms with Gasteiger partial charge in [0, 0.05) is 55.1 Å². The maximum absolute atomic E-state index is 6.09. The van der Waals surface area contributed by atoms with E-state index in [2.05, 4.69) is 39.5 Å². The Hall–Kier alpha value is -3.55. The number of nitrogens with one attached hydrogen (secondary N) is 1. The van der Waals surface area contributed by atoms with E-state index in [-0.39, 0.29) is 0 Å². The normalized spacial score (nSPS) is 14.2. The van der Waals surface area contributed by atoms with Gasteiger partial charge in [0.15, 0.2) is 11.5 Å². The summed E-state index contributed by atoms with van der Waals surface area (Å²) < 4.78 is 22.3. The van der Waals surface area contributed by atoms with Crippen LogP contribution in [0.1, 0.15) is 17.5 Å². The number of furan rings is 1. The number of hydrogen-bond donors (Lipinski definition) is 1. The molecule has 1 aliphatic rings. The van der Waals surface area contributed by atoms with Crippen molar-refractivity contribution in [3.8, 4) is 11.5 Å². The maximum atomic E-state index is 6.09. The summed E-state index contributed by atoms with van der Waals surface area (Å²) in [6.45, 7) is 5.25. The molecular weight excluding hydrogens is 442 g/mol. The number of benzene rings is 2. The Morgan fingerprint density at radius 2 is 1.86 bits per heavy atom. The molecule has 0 amide bonds. The van der Waals surface area contributed by atoms with Gasteiger partial charge in [0.05, 0.1) is 45.0 Å².